The third-order valence-corrected chi connectivity index (χ3v) is 3.44. The smallest absolute Gasteiger partial charge is 0.256 e. The van der Waals surface area contributed by atoms with Gasteiger partial charge in [0.25, 0.3) is 5.91 Å². The molecule has 15 heavy (non-hydrogen) atoms. The first-order valence-electron chi connectivity index (χ1n) is 4.85. The van der Waals surface area contributed by atoms with Gasteiger partial charge in [-0.25, -0.2) is 0 Å². The summed E-state index contributed by atoms with van der Waals surface area (Å²) in [5, 5.41) is 0.527. The molecular weight excluding hydrogens is 324 g/mol. The molecule has 0 spiro atoms. The van der Waals surface area contributed by atoms with Crippen molar-refractivity contribution in [1.29, 1.82) is 0 Å². The summed E-state index contributed by atoms with van der Waals surface area (Å²) in [4.78, 5) is 13.9. The second kappa shape index (κ2) is 5.70. The molecule has 0 bridgehead atoms. The Morgan fingerprint density at radius 3 is 2.47 bits per heavy atom. The second-order valence-corrected chi connectivity index (χ2v) is 4.64. The van der Waals surface area contributed by atoms with E-state index in [2.05, 4.69) is 22.6 Å². The summed E-state index contributed by atoms with van der Waals surface area (Å²) >= 11 is 8.17. The predicted molar refractivity (Wildman–Crippen MR) is 71.4 cm³/mol. The minimum Gasteiger partial charge on any atom is -0.339 e. The van der Waals surface area contributed by atoms with Crippen LogP contribution >= 0.6 is 34.2 Å². The SMILES string of the molecule is CCN(CC)C(=O)c1c(Cl)cccc1I. The molecule has 0 saturated carbocycles. The van der Waals surface area contributed by atoms with E-state index in [0.29, 0.717) is 23.7 Å². The summed E-state index contributed by atoms with van der Waals surface area (Å²) < 4.78 is 0.900. The fourth-order valence-electron chi connectivity index (χ4n) is 1.37. The number of amides is 1. The van der Waals surface area contributed by atoms with Crippen LogP contribution in [0.3, 0.4) is 0 Å². The van der Waals surface area contributed by atoms with E-state index in [9.17, 15) is 4.79 Å². The van der Waals surface area contributed by atoms with E-state index in [0.717, 1.165) is 3.57 Å². The first-order valence-corrected chi connectivity index (χ1v) is 6.30. The van der Waals surface area contributed by atoms with E-state index in [-0.39, 0.29) is 5.91 Å². The highest BCUT2D eigenvalue weighted by molar-refractivity contribution is 14.1. The van der Waals surface area contributed by atoms with Crippen LogP contribution < -0.4 is 0 Å². The van der Waals surface area contributed by atoms with Gasteiger partial charge in [0.05, 0.1) is 10.6 Å². The van der Waals surface area contributed by atoms with Crippen LogP contribution in [0.5, 0.6) is 0 Å². The maximum atomic E-state index is 12.1. The summed E-state index contributed by atoms with van der Waals surface area (Å²) in [7, 11) is 0. The van der Waals surface area contributed by atoms with Crippen LogP contribution in [0.25, 0.3) is 0 Å². The second-order valence-electron chi connectivity index (χ2n) is 3.07. The van der Waals surface area contributed by atoms with Gasteiger partial charge in [0.2, 0.25) is 0 Å². The van der Waals surface area contributed by atoms with Gasteiger partial charge in [-0.05, 0) is 48.6 Å². The Morgan fingerprint density at radius 1 is 1.40 bits per heavy atom. The zero-order valence-electron chi connectivity index (χ0n) is 8.76. The molecule has 0 unspecified atom stereocenters. The Labute approximate surface area is 109 Å². The number of hydrogen-bond acceptors (Lipinski definition) is 1. The summed E-state index contributed by atoms with van der Waals surface area (Å²) in [6.07, 6.45) is 0. The van der Waals surface area contributed by atoms with Crippen LogP contribution in [0.4, 0.5) is 0 Å². The van der Waals surface area contributed by atoms with E-state index < -0.39 is 0 Å². The minimum absolute atomic E-state index is 0.00926. The molecular formula is C11H13ClINO. The number of hydrogen-bond donors (Lipinski definition) is 0. The van der Waals surface area contributed by atoms with Crippen LogP contribution in [-0.4, -0.2) is 23.9 Å². The predicted octanol–water partition coefficient (Wildman–Crippen LogP) is 3.43. The van der Waals surface area contributed by atoms with Gasteiger partial charge in [-0.2, -0.15) is 0 Å². The normalized spacial score (nSPS) is 10.1. The molecule has 0 aliphatic rings. The van der Waals surface area contributed by atoms with Crippen LogP contribution in [0.1, 0.15) is 24.2 Å². The third-order valence-electron chi connectivity index (χ3n) is 2.23. The monoisotopic (exact) mass is 337 g/mol. The first-order chi connectivity index (χ1) is 7.11. The number of nitrogens with zero attached hydrogens (tertiary/aromatic N) is 1. The van der Waals surface area contributed by atoms with Gasteiger partial charge in [0.1, 0.15) is 0 Å². The minimum atomic E-state index is 0.00926. The average molecular weight is 338 g/mol. The van der Waals surface area contributed by atoms with Gasteiger partial charge in [-0.3, -0.25) is 4.79 Å². The lowest BCUT2D eigenvalue weighted by atomic mass is 10.2. The topological polar surface area (TPSA) is 20.3 Å². The summed E-state index contributed by atoms with van der Waals surface area (Å²) in [6, 6.07) is 5.49. The van der Waals surface area contributed by atoms with Gasteiger partial charge in [-0.15, -0.1) is 0 Å². The largest absolute Gasteiger partial charge is 0.339 e. The van der Waals surface area contributed by atoms with E-state index in [4.69, 9.17) is 11.6 Å². The fraction of sp³-hybridized carbons (Fsp3) is 0.364. The molecule has 1 aromatic carbocycles. The molecule has 1 aromatic rings. The Bertz CT molecular complexity index is 343. The molecule has 0 aromatic heterocycles. The number of halogens is 2. The number of benzene rings is 1. The van der Waals surface area contributed by atoms with Gasteiger partial charge in [0.15, 0.2) is 0 Å². The lowest BCUT2D eigenvalue weighted by molar-refractivity contribution is 0.0772. The number of carbonyl (C=O) groups excluding carboxylic acids is 1. The lowest BCUT2D eigenvalue weighted by Gasteiger charge is -2.19. The highest BCUT2D eigenvalue weighted by Gasteiger charge is 2.18. The molecule has 0 aliphatic heterocycles. The average Bonchev–Trinajstić information content (AvgIpc) is 2.19. The van der Waals surface area contributed by atoms with Crippen LogP contribution in [0, 0.1) is 3.57 Å². The molecule has 0 heterocycles. The van der Waals surface area contributed by atoms with Crippen molar-refractivity contribution in [3.8, 4) is 0 Å². The number of rotatable bonds is 3. The fourth-order valence-corrected chi connectivity index (χ4v) is 2.51. The van der Waals surface area contributed by atoms with Crippen molar-refractivity contribution in [3.05, 3.63) is 32.4 Å². The molecule has 82 valence electrons. The first kappa shape index (κ1) is 12.8. The van der Waals surface area contributed by atoms with Crippen molar-refractivity contribution in [2.75, 3.05) is 13.1 Å². The van der Waals surface area contributed by atoms with Gasteiger partial charge in [0, 0.05) is 16.7 Å². The van der Waals surface area contributed by atoms with E-state index in [1.807, 2.05) is 26.0 Å². The number of carbonyl (C=O) groups is 1. The van der Waals surface area contributed by atoms with Crippen molar-refractivity contribution in [3.63, 3.8) is 0 Å². The standard InChI is InChI=1S/C11H13ClINO/c1-3-14(4-2)11(15)10-8(12)6-5-7-9(10)13/h5-7H,3-4H2,1-2H3. The molecule has 4 heteroatoms. The van der Waals surface area contributed by atoms with Crippen LogP contribution in [-0.2, 0) is 0 Å². The van der Waals surface area contributed by atoms with E-state index in [1.54, 1.807) is 11.0 Å². The highest BCUT2D eigenvalue weighted by atomic mass is 127. The molecule has 1 rings (SSSR count). The van der Waals surface area contributed by atoms with Crippen LogP contribution in [0.2, 0.25) is 5.02 Å². The molecule has 1 amide bonds. The maximum Gasteiger partial charge on any atom is 0.256 e. The zero-order chi connectivity index (χ0) is 11.4. The maximum absolute atomic E-state index is 12.1. The molecule has 0 saturated heterocycles. The van der Waals surface area contributed by atoms with Crippen molar-refractivity contribution < 1.29 is 4.79 Å². The Morgan fingerprint density at radius 2 is 2.00 bits per heavy atom. The molecule has 0 N–H and O–H groups in total. The summed E-state index contributed by atoms with van der Waals surface area (Å²) in [5.74, 6) is 0.00926. The molecule has 0 atom stereocenters. The highest BCUT2D eigenvalue weighted by Crippen LogP contribution is 2.23. The van der Waals surface area contributed by atoms with Gasteiger partial charge in [-0.1, -0.05) is 17.7 Å². The van der Waals surface area contributed by atoms with Crippen molar-refractivity contribution in [1.82, 2.24) is 4.90 Å². The van der Waals surface area contributed by atoms with E-state index >= 15 is 0 Å². The van der Waals surface area contributed by atoms with Gasteiger partial charge < -0.3 is 4.90 Å². The quantitative estimate of drug-likeness (QED) is 0.774. The van der Waals surface area contributed by atoms with Gasteiger partial charge >= 0.3 is 0 Å². The lowest BCUT2D eigenvalue weighted by Crippen LogP contribution is -2.31. The molecule has 0 aliphatic carbocycles. The van der Waals surface area contributed by atoms with Crippen LogP contribution in [0.15, 0.2) is 18.2 Å². The van der Waals surface area contributed by atoms with Crippen molar-refractivity contribution >= 4 is 40.1 Å². The summed E-state index contributed by atoms with van der Waals surface area (Å²) in [5.41, 5.74) is 0.614. The molecule has 0 radical (unpaired) electrons. The van der Waals surface area contributed by atoms with Crippen molar-refractivity contribution in [2.24, 2.45) is 0 Å². The Balaban J connectivity index is 3.10. The summed E-state index contributed by atoms with van der Waals surface area (Å²) in [6.45, 7) is 5.34. The van der Waals surface area contributed by atoms with E-state index in [1.165, 1.54) is 0 Å². The molecule has 0 fully saturated rings. The Kier molecular flexibility index (Phi) is 4.86. The van der Waals surface area contributed by atoms with Crippen molar-refractivity contribution in [2.45, 2.75) is 13.8 Å². The third kappa shape index (κ3) is 2.84. The molecule has 2 nitrogen and oxygen atoms in total. The Hall–Kier alpha value is -0.290. The zero-order valence-corrected chi connectivity index (χ0v) is 11.7.